The Labute approximate surface area is 95.8 Å². The molecule has 0 aromatic carbocycles. The quantitative estimate of drug-likeness (QED) is 0.272. The summed E-state index contributed by atoms with van der Waals surface area (Å²) in [7, 11) is 0. The molecule has 1 N–H and O–H groups in total. The van der Waals surface area contributed by atoms with Gasteiger partial charge in [0.05, 0.1) is 13.2 Å². The third kappa shape index (κ3) is 3.62. The van der Waals surface area contributed by atoms with Gasteiger partial charge in [-0.15, -0.1) is 0 Å². The highest BCUT2D eigenvalue weighted by Crippen LogP contribution is 2.35. The minimum Gasteiger partial charge on any atom is -0.519 e. The first-order valence-electron chi connectivity index (χ1n) is 3.39. The molecule has 0 amide bonds. The molecule has 7 heteroatoms. The fourth-order valence-corrected chi connectivity index (χ4v) is 0.797. The van der Waals surface area contributed by atoms with Crippen molar-refractivity contribution in [1.82, 2.24) is 0 Å². The van der Waals surface area contributed by atoms with Crippen molar-refractivity contribution >= 4 is 40.8 Å². The molecule has 0 aliphatic carbocycles. The van der Waals surface area contributed by atoms with Gasteiger partial charge in [0.25, 0.3) is 0 Å². The maximum Gasteiger partial charge on any atom is 0.339 e. The van der Waals surface area contributed by atoms with Crippen molar-refractivity contribution in [3.63, 3.8) is 0 Å². The van der Waals surface area contributed by atoms with Crippen LogP contribution in [0.2, 0.25) is 0 Å². The lowest BCUT2D eigenvalue weighted by atomic mass is 10.4. The lowest BCUT2D eigenvalue weighted by molar-refractivity contribution is -0.138. The van der Waals surface area contributed by atoms with Crippen molar-refractivity contribution in [3.8, 4) is 0 Å². The summed E-state index contributed by atoms with van der Waals surface area (Å²) in [6, 6.07) is 0. The fourth-order valence-electron chi connectivity index (χ4n) is 0.529. The van der Waals surface area contributed by atoms with Gasteiger partial charge in [-0.25, -0.2) is 4.85 Å². The van der Waals surface area contributed by atoms with Crippen LogP contribution in [-0.4, -0.2) is 21.5 Å². The molecule has 78 valence electrons. The largest absolute Gasteiger partial charge is 0.519 e. The molecular weight excluding hydrogens is 252 g/mol. The van der Waals surface area contributed by atoms with Crippen LogP contribution in [0.3, 0.4) is 0 Å². The highest BCUT2D eigenvalue weighted by molar-refractivity contribution is 6.69. The Morgan fingerprint density at radius 3 is 2.36 bits per heavy atom. The van der Waals surface area contributed by atoms with E-state index in [-0.39, 0.29) is 6.61 Å². The monoisotopic (exact) mass is 257 g/mol. The van der Waals surface area contributed by atoms with Crippen LogP contribution in [-0.2, 0) is 9.53 Å². The number of hydrogen-bond acceptors (Lipinski definition) is 3. The number of hydrogen-bond donors (Lipinski definition) is 1. The van der Waals surface area contributed by atoms with Crippen LogP contribution in [0.4, 0.5) is 0 Å². The van der Waals surface area contributed by atoms with E-state index in [4.69, 9.17) is 41.4 Å². The number of aliphatic hydroxyl groups is 1. The lowest BCUT2D eigenvalue weighted by Crippen LogP contribution is -2.15. The van der Waals surface area contributed by atoms with Gasteiger partial charge in [0.1, 0.15) is 0 Å². The average Bonchev–Trinajstić information content (AvgIpc) is 2.04. The highest BCUT2D eigenvalue weighted by atomic mass is 35.6. The molecule has 0 fully saturated rings. The lowest BCUT2D eigenvalue weighted by Gasteiger charge is -2.11. The number of ether oxygens (including phenoxy) is 1. The van der Waals surface area contributed by atoms with Gasteiger partial charge in [-0.3, -0.25) is 4.79 Å². The summed E-state index contributed by atoms with van der Waals surface area (Å²) in [5.41, 5.74) is -0.730. The van der Waals surface area contributed by atoms with E-state index < -0.39 is 21.2 Å². The van der Waals surface area contributed by atoms with Gasteiger partial charge in [-0.05, 0) is 6.92 Å². The number of allylic oxidation sites excluding steroid dienone is 1. The molecule has 0 bridgehead atoms. The topological polar surface area (TPSA) is 50.9 Å². The second-order valence-corrected chi connectivity index (χ2v) is 4.31. The van der Waals surface area contributed by atoms with Gasteiger partial charge in [0.2, 0.25) is 3.79 Å². The van der Waals surface area contributed by atoms with Crippen molar-refractivity contribution in [2.75, 3.05) is 6.61 Å². The molecule has 0 saturated carbocycles. The van der Waals surface area contributed by atoms with Crippen LogP contribution >= 0.6 is 34.8 Å². The van der Waals surface area contributed by atoms with Gasteiger partial charge in [0, 0.05) is 0 Å². The van der Waals surface area contributed by atoms with Crippen molar-refractivity contribution < 1.29 is 14.6 Å². The Bertz CT molecular complexity index is 300. The molecule has 0 atom stereocenters. The molecule has 0 aromatic heterocycles. The Morgan fingerprint density at radius 1 is 1.57 bits per heavy atom. The maximum atomic E-state index is 11.0. The van der Waals surface area contributed by atoms with Crippen molar-refractivity contribution in [2.24, 2.45) is 0 Å². The zero-order valence-corrected chi connectivity index (χ0v) is 9.32. The van der Waals surface area contributed by atoms with E-state index in [0.29, 0.717) is 0 Å². The number of carbonyl (C=O) groups is 1. The Kier molecular flexibility index (Phi) is 5.06. The number of esters is 1. The highest BCUT2D eigenvalue weighted by Gasteiger charge is 2.32. The van der Waals surface area contributed by atoms with E-state index >= 15 is 0 Å². The molecule has 0 rings (SSSR count). The summed E-state index contributed by atoms with van der Waals surface area (Å²) in [5.74, 6) is -1.96. The molecule has 0 heterocycles. The predicted octanol–water partition coefficient (Wildman–Crippen LogP) is 2.61. The van der Waals surface area contributed by atoms with E-state index in [2.05, 4.69) is 9.58 Å². The number of aliphatic hydroxyl groups excluding tert-OH is 1. The first-order valence-corrected chi connectivity index (χ1v) is 4.53. The van der Waals surface area contributed by atoms with Gasteiger partial charge in [0.15, 0.2) is 5.76 Å². The second kappa shape index (κ2) is 5.30. The molecule has 14 heavy (non-hydrogen) atoms. The van der Waals surface area contributed by atoms with Crippen molar-refractivity contribution in [1.29, 1.82) is 0 Å². The summed E-state index contributed by atoms with van der Waals surface area (Å²) in [6.45, 7) is 8.22. The molecule has 0 aliphatic rings. The average molecular weight is 258 g/mol. The summed E-state index contributed by atoms with van der Waals surface area (Å²) in [4.78, 5) is 13.8. The van der Waals surface area contributed by atoms with E-state index in [0.717, 1.165) is 0 Å². The van der Waals surface area contributed by atoms with E-state index in [9.17, 15) is 9.90 Å². The number of halogens is 3. The standard InChI is InChI=1S/C7H6Cl3NO3/c1-3-14-6(13)4(11-2)5(12)7(8,9)10/h12H,3H2,1H3/b5-4+. The van der Waals surface area contributed by atoms with Crippen molar-refractivity contribution in [2.45, 2.75) is 10.7 Å². The molecule has 0 aromatic rings. The zero-order chi connectivity index (χ0) is 11.4. The van der Waals surface area contributed by atoms with E-state index in [1.54, 1.807) is 6.92 Å². The minimum absolute atomic E-state index is 0.0605. The minimum atomic E-state index is -2.20. The Balaban J connectivity index is 5.08. The number of rotatable bonds is 2. The van der Waals surface area contributed by atoms with Gasteiger partial charge < -0.3 is 9.84 Å². The third-order valence-electron chi connectivity index (χ3n) is 1.07. The van der Waals surface area contributed by atoms with Gasteiger partial charge in [-0.1, -0.05) is 34.8 Å². The molecule has 0 spiro atoms. The van der Waals surface area contributed by atoms with Crippen molar-refractivity contribution in [3.05, 3.63) is 22.9 Å². The van der Waals surface area contributed by atoms with E-state index in [1.807, 2.05) is 0 Å². The number of alkyl halides is 3. The summed E-state index contributed by atoms with van der Waals surface area (Å²) < 4.78 is 2.26. The smallest absolute Gasteiger partial charge is 0.339 e. The second-order valence-electron chi connectivity index (χ2n) is 2.03. The summed E-state index contributed by atoms with van der Waals surface area (Å²) in [5, 5.41) is 9.21. The van der Waals surface area contributed by atoms with Gasteiger partial charge in [-0.2, -0.15) is 0 Å². The SMILES string of the molecule is [C-]#[N+]/C(C(=O)OCC)=C(/O)C(Cl)(Cl)Cl. The first kappa shape index (κ1) is 13.4. The summed E-state index contributed by atoms with van der Waals surface area (Å²) in [6.07, 6.45) is 0. The molecule has 4 nitrogen and oxygen atoms in total. The van der Waals surface area contributed by atoms with Crippen LogP contribution in [0.15, 0.2) is 11.5 Å². The molecule has 0 aliphatic heterocycles. The van der Waals surface area contributed by atoms with E-state index in [1.165, 1.54) is 0 Å². The normalized spacial score (nSPS) is 12.8. The Hall–Kier alpha value is -0.630. The zero-order valence-electron chi connectivity index (χ0n) is 7.05. The maximum absolute atomic E-state index is 11.0. The van der Waals surface area contributed by atoms with Crippen LogP contribution in [0.5, 0.6) is 0 Å². The first-order chi connectivity index (χ1) is 6.34. The van der Waals surface area contributed by atoms with Crippen LogP contribution in [0.25, 0.3) is 4.85 Å². The molecule has 0 unspecified atom stereocenters. The predicted molar refractivity (Wildman–Crippen MR) is 53.2 cm³/mol. The fraction of sp³-hybridized carbons (Fsp3) is 0.429. The van der Waals surface area contributed by atoms with Crippen LogP contribution in [0, 0.1) is 6.57 Å². The summed E-state index contributed by atoms with van der Waals surface area (Å²) >= 11 is 15.8. The number of carbonyl (C=O) groups excluding carboxylic acids is 1. The van der Waals surface area contributed by atoms with Crippen LogP contribution in [0.1, 0.15) is 6.92 Å². The number of nitrogens with zero attached hydrogens (tertiary/aromatic N) is 1. The van der Waals surface area contributed by atoms with Crippen LogP contribution < -0.4 is 0 Å². The Morgan fingerprint density at radius 2 is 2.07 bits per heavy atom. The molecular formula is C7H6Cl3NO3. The molecule has 0 saturated heterocycles. The third-order valence-corrected chi connectivity index (χ3v) is 1.61. The van der Waals surface area contributed by atoms with Gasteiger partial charge >= 0.3 is 11.7 Å². The molecule has 0 radical (unpaired) electrons.